The fourth-order valence-electron chi connectivity index (χ4n) is 6.31. The molecule has 0 spiro atoms. The van der Waals surface area contributed by atoms with Gasteiger partial charge in [0.1, 0.15) is 19.2 Å². The zero-order chi connectivity index (χ0) is 24.3. The van der Waals surface area contributed by atoms with Crippen molar-refractivity contribution >= 4 is 17.8 Å². The molecule has 1 saturated carbocycles. The molecule has 0 radical (unpaired) electrons. The molecule has 1 aromatic carbocycles. The van der Waals surface area contributed by atoms with Crippen molar-refractivity contribution in [1.82, 2.24) is 15.0 Å². The van der Waals surface area contributed by atoms with Crippen LogP contribution in [-0.4, -0.2) is 68.7 Å². The van der Waals surface area contributed by atoms with Crippen LogP contribution in [0.4, 0.5) is 5.95 Å². The third-order valence-electron chi connectivity index (χ3n) is 8.24. The molecular weight excluding hydrogens is 526 g/mol. The minimum absolute atomic E-state index is 0. The van der Waals surface area contributed by atoms with E-state index in [1.807, 2.05) is 30.3 Å². The number of aliphatic hydroxyl groups is 1. The van der Waals surface area contributed by atoms with Crippen LogP contribution in [0.3, 0.4) is 0 Å². The number of carbonyl (C=O) groups is 2. The van der Waals surface area contributed by atoms with Crippen molar-refractivity contribution in [2.45, 2.75) is 56.7 Å². The summed E-state index contributed by atoms with van der Waals surface area (Å²) in [4.78, 5) is 38.2. The van der Waals surface area contributed by atoms with E-state index in [9.17, 15) is 14.7 Å². The number of hydrogen-bond donors (Lipinski definition) is 2. The summed E-state index contributed by atoms with van der Waals surface area (Å²) < 4.78 is 6.72. The molecule has 1 aromatic heterocycles. The maximum Gasteiger partial charge on any atom is 0.343 e. The number of esters is 1. The summed E-state index contributed by atoms with van der Waals surface area (Å²) in [5.74, 6) is -0.358. The largest absolute Gasteiger partial charge is 1.00 e. The fourth-order valence-corrected chi connectivity index (χ4v) is 6.31. The normalized spacial score (nSPS) is 27.4. The molecule has 2 N–H and O–H groups in total. The van der Waals surface area contributed by atoms with Gasteiger partial charge in [-0.05, 0) is 18.4 Å². The molecule has 4 aliphatic rings. The number of nitrogens with zero attached hydrogens (tertiary/aromatic N) is 4. The Bertz CT molecular complexity index is 1030. The van der Waals surface area contributed by atoms with Crippen molar-refractivity contribution in [2.24, 2.45) is 11.8 Å². The van der Waals surface area contributed by atoms with Crippen LogP contribution in [0, 0.1) is 11.8 Å². The monoisotopic (exact) mass is 559 g/mol. The number of quaternary nitrogens is 1. The number of amides is 1. The number of fused-ring (bicyclic) bond motifs is 3. The van der Waals surface area contributed by atoms with Crippen LogP contribution < -0.4 is 22.3 Å². The van der Waals surface area contributed by atoms with Crippen LogP contribution in [0.2, 0.25) is 0 Å². The first-order valence-corrected chi connectivity index (χ1v) is 12.7. The van der Waals surface area contributed by atoms with Gasteiger partial charge in [-0.1, -0.05) is 49.6 Å². The number of carbonyl (C=O) groups excluding carboxylic acids is 2. The highest BCUT2D eigenvalue weighted by atomic mass is 79.9. The van der Waals surface area contributed by atoms with Gasteiger partial charge in [0.05, 0.1) is 13.1 Å². The standard InChI is InChI=1S/C26H33N5O4.BrH/c32-23(30-25-28-17-27-18-29-25)16-31-13-11-19(12-14-31)22(15-31)35-24(33)26(34,20-7-3-1-4-8-20)21-9-5-2-6-10-21;/h1,3-4,7-8,17-19,21-22,34H,2,5-6,9-16H2;1H/t19?,22?,26-,31?;/m0./s1. The molecule has 1 aliphatic carbocycles. The van der Waals surface area contributed by atoms with Crippen LogP contribution in [0.1, 0.15) is 50.5 Å². The Kier molecular flexibility index (Phi) is 8.37. The van der Waals surface area contributed by atoms with Gasteiger partial charge in [-0.25, -0.2) is 19.7 Å². The summed E-state index contributed by atoms with van der Waals surface area (Å²) in [6.45, 7) is 2.60. The van der Waals surface area contributed by atoms with Gasteiger partial charge in [0.15, 0.2) is 18.2 Å². The minimum atomic E-state index is -1.64. The van der Waals surface area contributed by atoms with Crippen molar-refractivity contribution in [2.75, 3.05) is 31.5 Å². The lowest BCUT2D eigenvalue weighted by Crippen LogP contribution is -3.00. The van der Waals surface area contributed by atoms with Crippen molar-refractivity contribution in [3.63, 3.8) is 0 Å². The third-order valence-corrected chi connectivity index (χ3v) is 8.24. The Morgan fingerprint density at radius 2 is 1.69 bits per heavy atom. The van der Waals surface area contributed by atoms with Gasteiger partial charge in [-0.15, -0.1) is 0 Å². The molecule has 1 amide bonds. The van der Waals surface area contributed by atoms with E-state index in [0.717, 1.165) is 58.0 Å². The molecule has 1 unspecified atom stereocenters. The Morgan fingerprint density at radius 3 is 2.36 bits per heavy atom. The molecule has 10 heteroatoms. The molecule has 9 nitrogen and oxygen atoms in total. The number of hydrogen-bond acceptors (Lipinski definition) is 7. The summed E-state index contributed by atoms with van der Waals surface area (Å²) in [6, 6.07) is 9.25. The van der Waals surface area contributed by atoms with E-state index in [2.05, 4.69) is 20.3 Å². The molecule has 2 atom stereocenters. The minimum Gasteiger partial charge on any atom is -1.00 e. The number of benzene rings is 1. The fraction of sp³-hybridized carbons (Fsp3) is 0.577. The Morgan fingerprint density at radius 1 is 1.03 bits per heavy atom. The number of aromatic nitrogens is 3. The van der Waals surface area contributed by atoms with Crippen molar-refractivity contribution in [3.05, 3.63) is 48.5 Å². The average molecular weight is 560 g/mol. The molecule has 4 fully saturated rings. The summed E-state index contributed by atoms with van der Waals surface area (Å²) in [6.07, 6.45) is 8.94. The Labute approximate surface area is 222 Å². The molecule has 194 valence electrons. The van der Waals surface area contributed by atoms with Crippen molar-refractivity contribution < 1.29 is 40.9 Å². The second-order valence-electron chi connectivity index (χ2n) is 10.4. The zero-order valence-electron chi connectivity index (χ0n) is 20.4. The summed E-state index contributed by atoms with van der Waals surface area (Å²) >= 11 is 0. The summed E-state index contributed by atoms with van der Waals surface area (Å²) in [5, 5.41) is 14.6. The van der Waals surface area contributed by atoms with E-state index >= 15 is 0 Å². The predicted molar refractivity (Wildman–Crippen MR) is 128 cm³/mol. The van der Waals surface area contributed by atoms with E-state index in [1.54, 1.807) is 0 Å². The molecule has 4 heterocycles. The van der Waals surface area contributed by atoms with Crippen LogP contribution in [0.5, 0.6) is 0 Å². The quantitative estimate of drug-likeness (QED) is 0.345. The topological polar surface area (TPSA) is 114 Å². The second kappa shape index (κ2) is 11.3. The third kappa shape index (κ3) is 5.45. The van der Waals surface area contributed by atoms with Gasteiger partial charge in [0.25, 0.3) is 5.91 Å². The van der Waals surface area contributed by atoms with E-state index < -0.39 is 11.6 Å². The number of halogens is 1. The highest BCUT2D eigenvalue weighted by molar-refractivity contribution is 5.89. The van der Waals surface area contributed by atoms with E-state index in [1.165, 1.54) is 12.7 Å². The maximum atomic E-state index is 13.7. The molecular formula is C26H34BrN5O4. The van der Waals surface area contributed by atoms with Gasteiger partial charge in [0, 0.05) is 24.7 Å². The molecule has 2 aromatic rings. The number of nitrogens with one attached hydrogen (secondary N) is 1. The predicted octanol–water partition coefficient (Wildman–Crippen LogP) is -0.566. The van der Waals surface area contributed by atoms with Crippen molar-refractivity contribution in [1.29, 1.82) is 0 Å². The molecule has 2 bridgehead atoms. The average Bonchev–Trinajstić information content (AvgIpc) is 2.90. The van der Waals surface area contributed by atoms with Gasteiger partial charge < -0.3 is 31.3 Å². The van der Waals surface area contributed by atoms with E-state index in [-0.39, 0.29) is 53.3 Å². The van der Waals surface area contributed by atoms with E-state index in [0.29, 0.717) is 16.6 Å². The molecule has 3 aliphatic heterocycles. The summed E-state index contributed by atoms with van der Waals surface area (Å²) in [7, 11) is 0. The lowest BCUT2D eigenvalue weighted by Gasteiger charge is -2.52. The van der Waals surface area contributed by atoms with Crippen LogP contribution >= 0.6 is 0 Å². The Hall–Kier alpha value is -2.43. The van der Waals surface area contributed by atoms with Gasteiger partial charge in [-0.2, -0.15) is 0 Å². The van der Waals surface area contributed by atoms with Gasteiger partial charge in [0.2, 0.25) is 5.95 Å². The summed E-state index contributed by atoms with van der Waals surface area (Å²) in [5.41, 5.74) is -1.03. The van der Waals surface area contributed by atoms with Crippen LogP contribution in [0.25, 0.3) is 0 Å². The number of ether oxygens (including phenoxy) is 1. The van der Waals surface area contributed by atoms with Crippen LogP contribution in [0.15, 0.2) is 43.0 Å². The molecule has 36 heavy (non-hydrogen) atoms. The number of anilines is 1. The molecule has 6 rings (SSSR count). The number of rotatable bonds is 7. The first-order chi connectivity index (χ1) is 17.0. The van der Waals surface area contributed by atoms with Crippen molar-refractivity contribution in [3.8, 4) is 0 Å². The lowest BCUT2D eigenvalue weighted by molar-refractivity contribution is -0.939. The SMILES string of the molecule is O=C(C[N+]12CCC(CC1)C(OC(=O)[C@](O)(c1ccccc1)C1CCCCC1)C2)Nc1ncncn1.[Br-]. The second-order valence-corrected chi connectivity index (χ2v) is 10.4. The van der Waals surface area contributed by atoms with E-state index in [4.69, 9.17) is 4.74 Å². The van der Waals surface area contributed by atoms with Gasteiger partial charge >= 0.3 is 5.97 Å². The first kappa shape index (κ1) is 26.6. The first-order valence-electron chi connectivity index (χ1n) is 12.7. The van der Waals surface area contributed by atoms with Gasteiger partial charge in [-0.3, -0.25) is 10.1 Å². The smallest absolute Gasteiger partial charge is 0.343 e. The maximum absolute atomic E-state index is 13.7. The molecule has 3 saturated heterocycles. The number of piperidine rings is 3. The van der Waals surface area contributed by atoms with Crippen LogP contribution in [-0.2, 0) is 19.9 Å². The highest BCUT2D eigenvalue weighted by Gasteiger charge is 2.52. The lowest BCUT2D eigenvalue weighted by atomic mass is 9.73. The highest BCUT2D eigenvalue weighted by Crippen LogP contribution is 2.42. The Balaban J connectivity index is 0.00000304. The zero-order valence-corrected chi connectivity index (χ0v) is 22.0.